The zero-order chi connectivity index (χ0) is 24.6. The summed E-state index contributed by atoms with van der Waals surface area (Å²) in [5.41, 5.74) is 0.104. The lowest BCUT2D eigenvalue weighted by atomic mass is 9.43. The number of carbonyl (C=O) groups excluding carboxylic acids is 1. The maximum Gasteiger partial charge on any atom is 0.306 e. The molecule has 1 aliphatic heterocycles. The van der Waals surface area contributed by atoms with Gasteiger partial charge in [-0.3, -0.25) is 4.79 Å². The van der Waals surface area contributed by atoms with Crippen LogP contribution in [0.1, 0.15) is 92.4 Å². The van der Waals surface area contributed by atoms with Gasteiger partial charge in [-0.25, -0.2) is 0 Å². The molecule has 4 saturated carbocycles. The zero-order valence-corrected chi connectivity index (χ0v) is 22.0. The number of hydrogen-bond donors (Lipinski definition) is 3. The zero-order valence-electron chi connectivity index (χ0n) is 22.0. The van der Waals surface area contributed by atoms with Crippen LogP contribution in [0.5, 0.6) is 0 Å². The number of ether oxygens (including phenoxy) is 1. The number of rotatable bonds is 3. The second-order valence-corrected chi connectivity index (χ2v) is 13.9. The van der Waals surface area contributed by atoms with Gasteiger partial charge >= 0.3 is 5.97 Å². The molecule has 5 rings (SSSR count). The minimum absolute atomic E-state index is 0.00301. The number of aliphatic hydroxyl groups excluding tert-OH is 3. The average Bonchev–Trinajstić information content (AvgIpc) is 3.14. The van der Waals surface area contributed by atoms with Gasteiger partial charge in [-0.1, -0.05) is 34.6 Å². The van der Waals surface area contributed by atoms with E-state index in [1.54, 1.807) is 0 Å². The van der Waals surface area contributed by atoms with Crippen molar-refractivity contribution in [3.8, 4) is 0 Å². The molecule has 0 amide bonds. The molecule has 0 spiro atoms. The SMILES string of the molecule is CC(C)C1CC(=O)OC(C(C)C2CCC3C4C(CC[C@]23C)[C@@]2(C)CC[C@@H](O)CC2[C@@H](O)[C@@H]4O)C1. The highest BCUT2D eigenvalue weighted by Crippen LogP contribution is 2.68. The first-order valence-corrected chi connectivity index (χ1v) is 14.2. The Balaban J connectivity index is 1.39. The molecular weight excluding hydrogens is 428 g/mol. The molecule has 5 aliphatic rings. The van der Waals surface area contributed by atoms with Gasteiger partial charge < -0.3 is 20.1 Å². The van der Waals surface area contributed by atoms with E-state index < -0.39 is 12.2 Å². The minimum atomic E-state index is -0.744. The Morgan fingerprint density at radius 1 is 0.853 bits per heavy atom. The smallest absolute Gasteiger partial charge is 0.306 e. The molecule has 4 aliphatic carbocycles. The summed E-state index contributed by atoms with van der Waals surface area (Å²) in [4.78, 5) is 12.4. The van der Waals surface area contributed by atoms with E-state index in [1.807, 2.05) is 0 Å². The summed E-state index contributed by atoms with van der Waals surface area (Å²) in [6.45, 7) is 11.5. The highest BCUT2D eigenvalue weighted by atomic mass is 16.5. The van der Waals surface area contributed by atoms with Gasteiger partial charge in [-0.2, -0.15) is 0 Å². The van der Waals surface area contributed by atoms with Gasteiger partial charge in [0.15, 0.2) is 0 Å². The minimum Gasteiger partial charge on any atom is -0.462 e. The molecule has 0 bridgehead atoms. The molecule has 13 atom stereocenters. The van der Waals surface area contributed by atoms with Crippen molar-refractivity contribution in [1.29, 1.82) is 0 Å². The third-order valence-corrected chi connectivity index (χ3v) is 12.2. The second-order valence-electron chi connectivity index (χ2n) is 13.9. The predicted molar refractivity (Wildman–Crippen MR) is 131 cm³/mol. The summed E-state index contributed by atoms with van der Waals surface area (Å²) in [6.07, 6.45) is 6.53. The van der Waals surface area contributed by atoms with Gasteiger partial charge in [0.05, 0.1) is 18.3 Å². The van der Waals surface area contributed by atoms with E-state index in [0.29, 0.717) is 48.3 Å². The lowest BCUT2D eigenvalue weighted by Gasteiger charge is -2.63. The molecule has 1 saturated heterocycles. The van der Waals surface area contributed by atoms with Crippen molar-refractivity contribution < 1.29 is 24.9 Å². The van der Waals surface area contributed by atoms with E-state index in [0.717, 1.165) is 44.9 Å². The Morgan fingerprint density at radius 2 is 1.53 bits per heavy atom. The maximum atomic E-state index is 12.4. The van der Waals surface area contributed by atoms with Crippen molar-refractivity contribution in [1.82, 2.24) is 0 Å². The third-order valence-electron chi connectivity index (χ3n) is 12.2. The number of aliphatic hydroxyl groups is 3. The van der Waals surface area contributed by atoms with Crippen molar-refractivity contribution in [3.63, 3.8) is 0 Å². The number of fused-ring (bicyclic) bond motifs is 5. The van der Waals surface area contributed by atoms with Crippen LogP contribution in [0, 0.1) is 58.2 Å². The van der Waals surface area contributed by atoms with Gasteiger partial charge in [0.2, 0.25) is 0 Å². The van der Waals surface area contributed by atoms with Crippen molar-refractivity contribution in [3.05, 3.63) is 0 Å². The third kappa shape index (κ3) is 3.70. The van der Waals surface area contributed by atoms with E-state index in [1.165, 1.54) is 0 Å². The monoisotopic (exact) mass is 476 g/mol. The van der Waals surface area contributed by atoms with Crippen LogP contribution >= 0.6 is 0 Å². The fraction of sp³-hybridized carbons (Fsp3) is 0.966. The summed E-state index contributed by atoms with van der Waals surface area (Å²) in [7, 11) is 0. The molecule has 5 heteroatoms. The average molecular weight is 477 g/mol. The first kappa shape index (κ1) is 25.0. The van der Waals surface area contributed by atoms with Crippen LogP contribution in [0.2, 0.25) is 0 Å². The normalized spacial score (nSPS) is 54.1. The molecule has 1 heterocycles. The van der Waals surface area contributed by atoms with Gasteiger partial charge in [0.1, 0.15) is 6.10 Å². The molecule has 0 aromatic rings. The molecular formula is C29H48O5. The Morgan fingerprint density at radius 3 is 2.24 bits per heavy atom. The molecule has 5 fully saturated rings. The summed E-state index contributed by atoms with van der Waals surface area (Å²) < 4.78 is 5.96. The number of cyclic esters (lactones) is 1. The molecule has 8 unspecified atom stereocenters. The summed E-state index contributed by atoms with van der Waals surface area (Å²) >= 11 is 0. The van der Waals surface area contributed by atoms with Crippen LogP contribution in [0.15, 0.2) is 0 Å². The molecule has 34 heavy (non-hydrogen) atoms. The van der Waals surface area contributed by atoms with Crippen LogP contribution in [0.3, 0.4) is 0 Å². The van der Waals surface area contributed by atoms with Gasteiger partial charge in [-0.15, -0.1) is 0 Å². The van der Waals surface area contributed by atoms with E-state index in [4.69, 9.17) is 4.74 Å². The van der Waals surface area contributed by atoms with E-state index >= 15 is 0 Å². The molecule has 5 nitrogen and oxygen atoms in total. The van der Waals surface area contributed by atoms with E-state index in [2.05, 4.69) is 34.6 Å². The molecule has 194 valence electrons. The number of hydrogen-bond acceptors (Lipinski definition) is 5. The Hall–Kier alpha value is -0.650. The fourth-order valence-corrected chi connectivity index (χ4v) is 10.1. The number of carbonyl (C=O) groups is 1. The second kappa shape index (κ2) is 8.73. The Bertz CT molecular complexity index is 782. The van der Waals surface area contributed by atoms with Crippen molar-refractivity contribution in [2.24, 2.45) is 58.2 Å². The van der Waals surface area contributed by atoms with Crippen LogP contribution in [0.25, 0.3) is 0 Å². The van der Waals surface area contributed by atoms with Crippen molar-refractivity contribution in [2.75, 3.05) is 0 Å². The number of esters is 1. The predicted octanol–water partition coefficient (Wildman–Crippen LogP) is 4.56. The maximum absolute atomic E-state index is 12.4. The van der Waals surface area contributed by atoms with Crippen molar-refractivity contribution in [2.45, 2.75) is 117 Å². The first-order valence-electron chi connectivity index (χ1n) is 14.2. The Labute approximate surface area is 206 Å². The van der Waals surface area contributed by atoms with Gasteiger partial charge in [0.25, 0.3) is 0 Å². The lowest BCUT2D eigenvalue weighted by Crippen LogP contribution is -2.64. The lowest BCUT2D eigenvalue weighted by molar-refractivity contribution is -0.224. The van der Waals surface area contributed by atoms with E-state index in [9.17, 15) is 20.1 Å². The summed E-state index contributed by atoms with van der Waals surface area (Å²) in [5, 5.41) is 33.1. The summed E-state index contributed by atoms with van der Waals surface area (Å²) in [6, 6.07) is 0. The van der Waals surface area contributed by atoms with E-state index in [-0.39, 0.29) is 40.8 Å². The molecule has 3 N–H and O–H groups in total. The highest BCUT2D eigenvalue weighted by Gasteiger charge is 2.65. The highest BCUT2D eigenvalue weighted by molar-refractivity contribution is 5.70. The standard InChI is InChI=1S/C29H48O5/c1-15(2)17-12-23(34-24(31)13-17)16(3)19-6-7-20-25-21(9-11-28(19,20)4)29(5)10-8-18(30)14-22(29)26(32)27(25)33/h15-23,25-27,30,32-33H,6-14H2,1-5H3/t16?,17?,18-,19?,20?,21?,22?,23?,25?,26-,27-,28-,29-/m1/s1. The molecule has 0 aromatic carbocycles. The Kier molecular flexibility index (Phi) is 6.42. The topological polar surface area (TPSA) is 87.0 Å². The van der Waals surface area contributed by atoms with Crippen LogP contribution < -0.4 is 0 Å². The first-order chi connectivity index (χ1) is 16.0. The van der Waals surface area contributed by atoms with Crippen molar-refractivity contribution >= 4 is 5.97 Å². The van der Waals surface area contributed by atoms with Gasteiger partial charge in [0, 0.05) is 6.42 Å². The quantitative estimate of drug-likeness (QED) is 0.520. The van der Waals surface area contributed by atoms with Crippen LogP contribution in [-0.2, 0) is 9.53 Å². The van der Waals surface area contributed by atoms with Crippen LogP contribution in [-0.4, -0.2) is 45.7 Å². The fourth-order valence-electron chi connectivity index (χ4n) is 10.1. The molecule has 0 radical (unpaired) electrons. The summed E-state index contributed by atoms with van der Waals surface area (Å²) in [5.74, 6) is 2.58. The largest absolute Gasteiger partial charge is 0.462 e. The van der Waals surface area contributed by atoms with Crippen LogP contribution in [0.4, 0.5) is 0 Å². The molecule has 0 aromatic heterocycles. The van der Waals surface area contributed by atoms with Gasteiger partial charge in [-0.05, 0) is 110 Å².